The van der Waals surface area contributed by atoms with E-state index in [9.17, 15) is 0 Å². The van der Waals surface area contributed by atoms with Crippen LogP contribution in [0.25, 0.3) is 0 Å². The summed E-state index contributed by atoms with van der Waals surface area (Å²) in [6.07, 6.45) is 3.58. The average molecular weight is 367 g/mol. The van der Waals surface area contributed by atoms with Gasteiger partial charge in [-0.15, -0.1) is 0 Å². The van der Waals surface area contributed by atoms with Gasteiger partial charge in [-0.1, -0.05) is 32.0 Å². The highest BCUT2D eigenvalue weighted by atomic mass is 32.2. The van der Waals surface area contributed by atoms with Gasteiger partial charge in [0.2, 0.25) is 0 Å². The summed E-state index contributed by atoms with van der Waals surface area (Å²) in [5.41, 5.74) is 10.1. The summed E-state index contributed by atoms with van der Waals surface area (Å²) in [5.74, 6) is 0. The Morgan fingerprint density at radius 1 is 1.00 bits per heavy atom. The lowest BCUT2D eigenvalue weighted by Gasteiger charge is -2.19. The van der Waals surface area contributed by atoms with Crippen LogP contribution in [0.4, 0.5) is 17.1 Å². The molecular formula is C21H26N4S. The Bertz CT molecular complexity index is 779. The Labute approximate surface area is 160 Å². The van der Waals surface area contributed by atoms with Crippen molar-refractivity contribution in [3.8, 4) is 0 Å². The van der Waals surface area contributed by atoms with Crippen molar-refractivity contribution >= 4 is 29.0 Å². The Kier molecular flexibility index (Phi) is 7.83. The second-order valence-corrected chi connectivity index (χ2v) is 6.58. The van der Waals surface area contributed by atoms with Crippen molar-refractivity contribution in [2.45, 2.75) is 25.3 Å². The maximum absolute atomic E-state index is 6.21. The number of hydrogen-bond acceptors (Lipinski definition) is 5. The van der Waals surface area contributed by atoms with Gasteiger partial charge in [0, 0.05) is 36.6 Å². The number of benzene rings is 2. The molecule has 0 aliphatic carbocycles. The summed E-state index contributed by atoms with van der Waals surface area (Å²) < 4.78 is 2.11. The first-order valence-electron chi connectivity index (χ1n) is 8.71. The minimum atomic E-state index is 0.723. The summed E-state index contributed by atoms with van der Waals surface area (Å²) >= 11 is 1.67. The fourth-order valence-electron chi connectivity index (χ4n) is 2.30. The molecular weight excluding hydrogens is 340 g/mol. The second kappa shape index (κ2) is 10.4. The highest BCUT2D eigenvalue weighted by molar-refractivity contribution is 8.00. The molecule has 3 rings (SSSR count). The first-order chi connectivity index (χ1) is 12.7. The van der Waals surface area contributed by atoms with E-state index in [0.29, 0.717) is 0 Å². The number of anilines is 3. The molecule has 26 heavy (non-hydrogen) atoms. The summed E-state index contributed by atoms with van der Waals surface area (Å²) in [7, 11) is 2.04. The van der Waals surface area contributed by atoms with E-state index < -0.39 is 0 Å². The van der Waals surface area contributed by atoms with Crippen LogP contribution in [0.5, 0.6) is 0 Å². The molecule has 0 saturated carbocycles. The van der Waals surface area contributed by atoms with Crippen molar-refractivity contribution in [1.29, 1.82) is 0 Å². The number of rotatable bonds is 6. The standard InChI is InChI=1S/C19H20N4S.C2H6/c1-23(24-17-5-3-2-4-6-17)16-7-8-19(18(20)13-16)22-14-15-9-11-21-12-10-15;1-2/h2-13,22H,14,20H2,1H3;1-2H3. The molecule has 0 spiro atoms. The molecule has 0 amide bonds. The molecule has 3 N–H and O–H groups in total. The lowest BCUT2D eigenvalue weighted by atomic mass is 10.2. The van der Waals surface area contributed by atoms with Gasteiger partial charge < -0.3 is 15.4 Å². The Hall–Kier alpha value is -2.66. The molecule has 0 unspecified atom stereocenters. The predicted octanol–water partition coefficient (Wildman–Crippen LogP) is 5.45. The second-order valence-electron chi connectivity index (χ2n) is 5.38. The van der Waals surface area contributed by atoms with Crippen LogP contribution in [0.3, 0.4) is 0 Å². The molecule has 0 atom stereocenters. The van der Waals surface area contributed by atoms with Gasteiger partial charge >= 0.3 is 0 Å². The molecule has 4 nitrogen and oxygen atoms in total. The van der Waals surface area contributed by atoms with Gasteiger partial charge in [0.1, 0.15) is 0 Å². The molecule has 1 aromatic heterocycles. The van der Waals surface area contributed by atoms with Crippen LogP contribution in [-0.4, -0.2) is 12.0 Å². The number of nitrogen functional groups attached to an aromatic ring is 1. The maximum atomic E-state index is 6.21. The minimum Gasteiger partial charge on any atom is -0.397 e. The van der Waals surface area contributed by atoms with Gasteiger partial charge in [0.15, 0.2) is 0 Å². The van der Waals surface area contributed by atoms with E-state index in [0.717, 1.165) is 23.6 Å². The number of nitrogens with zero attached hydrogens (tertiary/aromatic N) is 2. The number of aromatic nitrogens is 1. The topological polar surface area (TPSA) is 54.2 Å². The van der Waals surface area contributed by atoms with Crippen LogP contribution in [0.1, 0.15) is 19.4 Å². The zero-order chi connectivity index (χ0) is 18.8. The first-order valence-corrected chi connectivity index (χ1v) is 9.49. The molecule has 1 heterocycles. The molecule has 0 aliphatic rings. The maximum Gasteiger partial charge on any atom is 0.0578 e. The largest absolute Gasteiger partial charge is 0.397 e. The monoisotopic (exact) mass is 366 g/mol. The van der Waals surface area contributed by atoms with Crippen LogP contribution >= 0.6 is 11.9 Å². The minimum absolute atomic E-state index is 0.723. The van der Waals surface area contributed by atoms with E-state index in [4.69, 9.17) is 5.73 Å². The fraction of sp³-hybridized carbons (Fsp3) is 0.190. The van der Waals surface area contributed by atoms with Crippen molar-refractivity contribution in [1.82, 2.24) is 4.98 Å². The van der Waals surface area contributed by atoms with E-state index in [2.05, 4.69) is 32.8 Å². The summed E-state index contributed by atoms with van der Waals surface area (Å²) in [5, 5.41) is 3.37. The summed E-state index contributed by atoms with van der Waals surface area (Å²) in [4.78, 5) is 5.22. The van der Waals surface area contributed by atoms with Crippen LogP contribution in [0.2, 0.25) is 0 Å². The normalized spacial score (nSPS) is 9.81. The smallest absolute Gasteiger partial charge is 0.0578 e. The van der Waals surface area contributed by atoms with E-state index in [1.807, 2.05) is 63.4 Å². The number of pyridine rings is 1. The highest BCUT2D eigenvalue weighted by Gasteiger charge is 2.06. The molecule has 0 aliphatic heterocycles. The molecule has 0 saturated heterocycles. The van der Waals surface area contributed by atoms with E-state index in [1.54, 1.807) is 24.3 Å². The molecule has 0 radical (unpaired) electrons. The third kappa shape index (κ3) is 5.70. The van der Waals surface area contributed by atoms with Gasteiger partial charge in [0.25, 0.3) is 0 Å². The Morgan fingerprint density at radius 2 is 1.69 bits per heavy atom. The van der Waals surface area contributed by atoms with Crippen molar-refractivity contribution in [2.75, 3.05) is 22.4 Å². The van der Waals surface area contributed by atoms with Crippen LogP contribution in [0, 0.1) is 0 Å². The third-order valence-electron chi connectivity index (χ3n) is 3.62. The predicted molar refractivity (Wildman–Crippen MR) is 114 cm³/mol. The van der Waals surface area contributed by atoms with Gasteiger partial charge in [-0.3, -0.25) is 4.98 Å². The van der Waals surface area contributed by atoms with Gasteiger partial charge in [-0.25, -0.2) is 0 Å². The molecule has 3 aromatic rings. The van der Waals surface area contributed by atoms with Crippen LogP contribution in [0.15, 0.2) is 78.0 Å². The van der Waals surface area contributed by atoms with E-state index >= 15 is 0 Å². The molecule has 2 aromatic carbocycles. The Morgan fingerprint density at radius 3 is 2.35 bits per heavy atom. The quantitative estimate of drug-likeness (QED) is 0.449. The third-order valence-corrected chi connectivity index (χ3v) is 4.58. The van der Waals surface area contributed by atoms with E-state index in [1.165, 1.54) is 10.5 Å². The average Bonchev–Trinajstić information content (AvgIpc) is 2.70. The molecule has 0 bridgehead atoms. The lowest BCUT2D eigenvalue weighted by Crippen LogP contribution is -2.08. The summed E-state index contributed by atoms with van der Waals surface area (Å²) in [6.45, 7) is 4.72. The van der Waals surface area contributed by atoms with Gasteiger partial charge in [-0.2, -0.15) is 0 Å². The van der Waals surface area contributed by atoms with Crippen LogP contribution < -0.4 is 15.4 Å². The number of hydrogen-bond donors (Lipinski definition) is 2. The highest BCUT2D eigenvalue weighted by Crippen LogP contribution is 2.31. The molecule has 5 heteroatoms. The summed E-state index contributed by atoms with van der Waals surface area (Å²) in [6, 6.07) is 20.3. The van der Waals surface area contributed by atoms with Crippen LogP contribution in [-0.2, 0) is 6.54 Å². The SMILES string of the molecule is CC.CN(Sc1ccccc1)c1ccc(NCc2ccncc2)c(N)c1. The lowest BCUT2D eigenvalue weighted by molar-refractivity contribution is 1.13. The first kappa shape index (κ1) is 19.7. The van der Waals surface area contributed by atoms with Crippen molar-refractivity contribution in [3.05, 3.63) is 78.6 Å². The number of nitrogens with one attached hydrogen (secondary N) is 1. The zero-order valence-corrected chi connectivity index (χ0v) is 16.3. The molecule has 0 fully saturated rings. The Balaban J connectivity index is 0.00000117. The molecule has 136 valence electrons. The van der Waals surface area contributed by atoms with Crippen molar-refractivity contribution in [3.63, 3.8) is 0 Å². The zero-order valence-electron chi connectivity index (χ0n) is 15.5. The number of nitrogens with two attached hydrogens (primary N) is 1. The fourth-order valence-corrected chi connectivity index (χ4v) is 3.11. The van der Waals surface area contributed by atoms with Crippen molar-refractivity contribution < 1.29 is 0 Å². The van der Waals surface area contributed by atoms with Gasteiger partial charge in [-0.05, 0) is 60.0 Å². The van der Waals surface area contributed by atoms with Crippen molar-refractivity contribution in [2.24, 2.45) is 0 Å². The van der Waals surface area contributed by atoms with Gasteiger partial charge in [0.05, 0.1) is 11.4 Å². The van der Waals surface area contributed by atoms with E-state index in [-0.39, 0.29) is 0 Å².